The van der Waals surface area contributed by atoms with Crippen LogP contribution in [0, 0.1) is 6.92 Å². The van der Waals surface area contributed by atoms with Gasteiger partial charge in [-0.05, 0) is 36.8 Å². The Balaban J connectivity index is 2.34. The van der Waals surface area contributed by atoms with Crippen molar-refractivity contribution in [2.24, 2.45) is 0 Å². The number of benzene rings is 2. The van der Waals surface area contributed by atoms with Gasteiger partial charge in [0.05, 0.1) is 15.6 Å². The van der Waals surface area contributed by atoms with Crippen molar-refractivity contribution in [3.63, 3.8) is 0 Å². The Labute approximate surface area is 121 Å². The average molecular weight is 295 g/mol. The lowest BCUT2D eigenvalue weighted by Gasteiger charge is -2.11. The fraction of sp³-hybridized carbons (Fsp3) is 0.0714. The number of amides is 1. The Morgan fingerprint density at radius 3 is 2.42 bits per heavy atom. The molecular weight excluding hydrogens is 283 g/mol. The number of halogens is 2. The zero-order chi connectivity index (χ0) is 14.0. The van der Waals surface area contributed by atoms with Gasteiger partial charge in [0, 0.05) is 11.4 Å². The van der Waals surface area contributed by atoms with Crippen molar-refractivity contribution in [3.8, 4) is 0 Å². The molecule has 0 spiro atoms. The summed E-state index contributed by atoms with van der Waals surface area (Å²) in [6, 6.07) is 10.2. The fourth-order valence-electron chi connectivity index (χ4n) is 1.67. The first-order valence-corrected chi connectivity index (χ1v) is 6.36. The van der Waals surface area contributed by atoms with Crippen molar-refractivity contribution in [2.75, 3.05) is 11.1 Å². The zero-order valence-corrected chi connectivity index (χ0v) is 11.7. The molecule has 0 aliphatic heterocycles. The summed E-state index contributed by atoms with van der Waals surface area (Å²) in [6.45, 7) is 1.88. The molecule has 0 aromatic heterocycles. The fourth-order valence-corrected chi connectivity index (χ4v) is 2.24. The number of hydrogen-bond acceptors (Lipinski definition) is 2. The summed E-state index contributed by atoms with van der Waals surface area (Å²) in [5.41, 5.74) is 8.08. The quantitative estimate of drug-likeness (QED) is 0.818. The van der Waals surface area contributed by atoms with Crippen LogP contribution in [0.2, 0.25) is 10.0 Å². The van der Waals surface area contributed by atoms with Crippen LogP contribution in [0.15, 0.2) is 36.4 Å². The highest BCUT2D eigenvalue weighted by Gasteiger charge is 2.15. The summed E-state index contributed by atoms with van der Waals surface area (Å²) in [7, 11) is 0. The monoisotopic (exact) mass is 294 g/mol. The lowest BCUT2D eigenvalue weighted by molar-refractivity contribution is 0.102. The standard InChI is InChI=1S/C14H12Cl2N2O/c1-8-5-6-9(17)7-12(8)18-14(19)13-10(15)3-2-4-11(13)16/h2-7H,17H2,1H3,(H,18,19). The minimum Gasteiger partial charge on any atom is -0.399 e. The molecule has 0 saturated heterocycles. The largest absolute Gasteiger partial charge is 0.399 e. The highest BCUT2D eigenvalue weighted by atomic mass is 35.5. The zero-order valence-electron chi connectivity index (χ0n) is 10.2. The van der Waals surface area contributed by atoms with Gasteiger partial charge in [-0.15, -0.1) is 0 Å². The molecule has 0 radical (unpaired) electrons. The first kappa shape index (κ1) is 13.7. The van der Waals surface area contributed by atoms with Crippen LogP contribution in [0.4, 0.5) is 11.4 Å². The molecule has 19 heavy (non-hydrogen) atoms. The number of nitrogens with one attached hydrogen (secondary N) is 1. The van der Waals surface area contributed by atoms with Crippen LogP contribution in [-0.4, -0.2) is 5.91 Å². The predicted octanol–water partition coefficient (Wildman–Crippen LogP) is 4.14. The second-order valence-electron chi connectivity index (χ2n) is 4.13. The van der Waals surface area contributed by atoms with Gasteiger partial charge < -0.3 is 11.1 Å². The highest BCUT2D eigenvalue weighted by Crippen LogP contribution is 2.26. The summed E-state index contributed by atoms with van der Waals surface area (Å²) in [4.78, 5) is 12.2. The molecule has 5 heteroatoms. The molecule has 2 aromatic carbocycles. The van der Waals surface area contributed by atoms with E-state index >= 15 is 0 Å². The number of rotatable bonds is 2. The van der Waals surface area contributed by atoms with E-state index in [1.807, 2.05) is 13.0 Å². The van der Waals surface area contributed by atoms with Gasteiger partial charge >= 0.3 is 0 Å². The molecule has 0 bridgehead atoms. The summed E-state index contributed by atoms with van der Waals surface area (Å²) in [6.07, 6.45) is 0. The van der Waals surface area contributed by atoms with Crippen LogP contribution in [0.1, 0.15) is 15.9 Å². The van der Waals surface area contributed by atoms with Gasteiger partial charge in [0.2, 0.25) is 0 Å². The second kappa shape index (κ2) is 5.51. The van der Waals surface area contributed by atoms with E-state index in [1.165, 1.54) is 0 Å². The Morgan fingerprint density at radius 2 is 1.79 bits per heavy atom. The van der Waals surface area contributed by atoms with E-state index in [0.29, 0.717) is 21.4 Å². The van der Waals surface area contributed by atoms with Gasteiger partial charge in [0.15, 0.2) is 0 Å². The van der Waals surface area contributed by atoms with Gasteiger partial charge in [-0.1, -0.05) is 35.3 Å². The number of hydrogen-bond donors (Lipinski definition) is 2. The van der Waals surface area contributed by atoms with Gasteiger partial charge in [-0.25, -0.2) is 0 Å². The number of carbonyl (C=O) groups is 1. The van der Waals surface area contributed by atoms with Gasteiger partial charge in [-0.2, -0.15) is 0 Å². The number of anilines is 2. The summed E-state index contributed by atoms with van der Waals surface area (Å²) in [5.74, 6) is -0.357. The third-order valence-electron chi connectivity index (χ3n) is 2.70. The van der Waals surface area contributed by atoms with Gasteiger partial charge in [-0.3, -0.25) is 4.79 Å². The molecular formula is C14H12Cl2N2O. The number of nitrogens with two attached hydrogens (primary N) is 1. The molecule has 0 unspecified atom stereocenters. The van der Waals surface area contributed by atoms with Crippen LogP contribution in [-0.2, 0) is 0 Å². The topological polar surface area (TPSA) is 55.1 Å². The number of carbonyl (C=O) groups excluding carboxylic acids is 1. The molecule has 0 fully saturated rings. The Morgan fingerprint density at radius 1 is 1.16 bits per heavy atom. The number of aryl methyl sites for hydroxylation is 1. The molecule has 3 nitrogen and oxygen atoms in total. The van der Waals surface area contributed by atoms with E-state index in [9.17, 15) is 4.79 Å². The summed E-state index contributed by atoms with van der Waals surface area (Å²) >= 11 is 12.0. The van der Waals surface area contributed by atoms with Crippen molar-refractivity contribution < 1.29 is 4.79 Å². The molecule has 0 heterocycles. The third kappa shape index (κ3) is 3.00. The maximum atomic E-state index is 12.2. The van der Waals surface area contributed by atoms with Crippen LogP contribution in [0.3, 0.4) is 0 Å². The van der Waals surface area contributed by atoms with Crippen molar-refractivity contribution >= 4 is 40.5 Å². The first-order chi connectivity index (χ1) is 8.99. The molecule has 3 N–H and O–H groups in total. The van der Waals surface area contributed by atoms with Crippen LogP contribution in [0.25, 0.3) is 0 Å². The minimum absolute atomic E-state index is 0.257. The summed E-state index contributed by atoms with van der Waals surface area (Å²) < 4.78 is 0. The summed E-state index contributed by atoms with van der Waals surface area (Å²) in [5, 5.41) is 3.38. The van der Waals surface area contributed by atoms with Crippen LogP contribution in [0.5, 0.6) is 0 Å². The minimum atomic E-state index is -0.357. The van der Waals surface area contributed by atoms with Crippen molar-refractivity contribution in [2.45, 2.75) is 6.92 Å². The lowest BCUT2D eigenvalue weighted by atomic mass is 10.1. The van der Waals surface area contributed by atoms with Gasteiger partial charge in [0.25, 0.3) is 5.91 Å². The molecule has 2 aromatic rings. The maximum absolute atomic E-state index is 12.2. The van der Waals surface area contributed by atoms with E-state index in [2.05, 4.69) is 5.32 Å². The lowest BCUT2D eigenvalue weighted by Crippen LogP contribution is -2.14. The molecule has 0 aliphatic rings. The van der Waals surface area contributed by atoms with Crippen LogP contribution < -0.4 is 11.1 Å². The SMILES string of the molecule is Cc1ccc(N)cc1NC(=O)c1c(Cl)cccc1Cl. The van der Waals surface area contributed by atoms with E-state index < -0.39 is 0 Å². The normalized spacial score (nSPS) is 10.3. The van der Waals surface area contributed by atoms with E-state index in [0.717, 1.165) is 5.56 Å². The Bertz CT molecular complexity index is 621. The Hall–Kier alpha value is -1.71. The van der Waals surface area contributed by atoms with Crippen LogP contribution >= 0.6 is 23.2 Å². The molecule has 2 rings (SSSR count). The number of nitrogen functional groups attached to an aromatic ring is 1. The van der Waals surface area contributed by atoms with Crippen molar-refractivity contribution in [1.82, 2.24) is 0 Å². The molecule has 1 amide bonds. The highest BCUT2D eigenvalue weighted by molar-refractivity contribution is 6.40. The maximum Gasteiger partial charge on any atom is 0.258 e. The smallest absolute Gasteiger partial charge is 0.258 e. The van der Waals surface area contributed by atoms with E-state index in [-0.39, 0.29) is 11.5 Å². The molecule has 98 valence electrons. The third-order valence-corrected chi connectivity index (χ3v) is 3.33. The Kier molecular flexibility index (Phi) is 3.98. The van der Waals surface area contributed by atoms with E-state index in [4.69, 9.17) is 28.9 Å². The van der Waals surface area contributed by atoms with E-state index in [1.54, 1.807) is 30.3 Å². The van der Waals surface area contributed by atoms with Gasteiger partial charge in [0.1, 0.15) is 0 Å². The molecule has 0 atom stereocenters. The predicted molar refractivity (Wildman–Crippen MR) is 80.0 cm³/mol. The second-order valence-corrected chi connectivity index (χ2v) is 4.94. The van der Waals surface area contributed by atoms with Crippen molar-refractivity contribution in [1.29, 1.82) is 0 Å². The average Bonchev–Trinajstić information content (AvgIpc) is 2.33. The molecule has 0 aliphatic carbocycles. The molecule has 0 saturated carbocycles. The van der Waals surface area contributed by atoms with Crippen molar-refractivity contribution in [3.05, 3.63) is 57.6 Å². The first-order valence-electron chi connectivity index (χ1n) is 5.60.